The van der Waals surface area contributed by atoms with Gasteiger partial charge in [0.15, 0.2) is 5.76 Å². The van der Waals surface area contributed by atoms with Crippen molar-refractivity contribution in [3.05, 3.63) is 24.2 Å². The van der Waals surface area contributed by atoms with Crippen molar-refractivity contribution >= 4 is 5.78 Å². The molecule has 0 saturated heterocycles. The summed E-state index contributed by atoms with van der Waals surface area (Å²) in [5.74, 6) is 0.512. The van der Waals surface area contributed by atoms with Gasteiger partial charge in [-0.15, -0.1) is 0 Å². The van der Waals surface area contributed by atoms with Gasteiger partial charge in [0.05, 0.1) is 12.8 Å². The molecule has 0 spiro atoms. The van der Waals surface area contributed by atoms with E-state index in [9.17, 15) is 4.79 Å². The quantitative estimate of drug-likeness (QED) is 0.646. The molecule has 0 aliphatic heterocycles. The van der Waals surface area contributed by atoms with E-state index in [0.29, 0.717) is 12.3 Å². The Kier molecular flexibility index (Phi) is 5.94. The minimum absolute atomic E-state index is 0.0576. The second-order valence-electron chi connectivity index (χ2n) is 4.48. The molecule has 0 fully saturated rings. The maximum absolute atomic E-state index is 11.9. The van der Waals surface area contributed by atoms with E-state index in [1.165, 1.54) is 6.26 Å². The lowest BCUT2D eigenvalue weighted by Crippen LogP contribution is -2.36. The number of rotatable bonds is 8. The summed E-state index contributed by atoms with van der Waals surface area (Å²) in [6.45, 7) is 5.38. The second-order valence-corrected chi connectivity index (χ2v) is 4.48. The lowest BCUT2D eigenvalue weighted by Gasteiger charge is -2.22. The largest absolute Gasteiger partial charge is 0.461 e. The van der Waals surface area contributed by atoms with E-state index >= 15 is 0 Å². The molecule has 0 aromatic carbocycles. The molecule has 4 heteroatoms. The van der Waals surface area contributed by atoms with Crippen LogP contribution in [0.2, 0.25) is 0 Å². The van der Waals surface area contributed by atoms with Crippen LogP contribution in [-0.2, 0) is 0 Å². The zero-order chi connectivity index (χ0) is 12.7. The van der Waals surface area contributed by atoms with Crippen LogP contribution in [0.5, 0.6) is 0 Å². The minimum atomic E-state index is 0.0576. The van der Waals surface area contributed by atoms with Crippen molar-refractivity contribution in [1.82, 2.24) is 9.80 Å². The highest BCUT2D eigenvalue weighted by Gasteiger charge is 2.13. The monoisotopic (exact) mass is 238 g/mol. The van der Waals surface area contributed by atoms with Gasteiger partial charge in [0.25, 0.3) is 0 Å². The van der Waals surface area contributed by atoms with Crippen molar-refractivity contribution in [3.8, 4) is 0 Å². The van der Waals surface area contributed by atoms with Gasteiger partial charge in [0, 0.05) is 13.1 Å². The van der Waals surface area contributed by atoms with E-state index < -0.39 is 0 Å². The lowest BCUT2D eigenvalue weighted by atomic mass is 10.2. The first-order valence-electron chi connectivity index (χ1n) is 6.07. The van der Waals surface area contributed by atoms with Gasteiger partial charge >= 0.3 is 0 Å². The fraction of sp³-hybridized carbons (Fsp3) is 0.615. The summed E-state index contributed by atoms with van der Waals surface area (Å²) < 4.78 is 5.11. The first kappa shape index (κ1) is 13.9. The Morgan fingerprint density at radius 2 is 2.06 bits per heavy atom. The van der Waals surface area contributed by atoms with Crippen molar-refractivity contribution in [2.75, 3.05) is 40.3 Å². The van der Waals surface area contributed by atoms with Crippen LogP contribution in [0.25, 0.3) is 0 Å². The molecule has 0 N–H and O–H groups in total. The van der Waals surface area contributed by atoms with E-state index in [2.05, 4.69) is 16.7 Å². The fourth-order valence-electron chi connectivity index (χ4n) is 1.65. The molecule has 1 aromatic heterocycles. The van der Waals surface area contributed by atoms with Crippen molar-refractivity contribution in [2.24, 2.45) is 0 Å². The minimum Gasteiger partial charge on any atom is -0.461 e. The number of carbonyl (C=O) groups is 1. The van der Waals surface area contributed by atoms with E-state index in [4.69, 9.17) is 4.42 Å². The molecule has 4 nitrogen and oxygen atoms in total. The maximum atomic E-state index is 11.9. The summed E-state index contributed by atoms with van der Waals surface area (Å²) in [6, 6.07) is 3.47. The molecule has 0 saturated carbocycles. The van der Waals surface area contributed by atoms with E-state index in [-0.39, 0.29) is 5.78 Å². The Morgan fingerprint density at radius 3 is 2.59 bits per heavy atom. The summed E-state index contributed by atoms with van der Waals surface area (Å²) in [7, 11) is 4.08. The molecule has 1 aromatic rings. The van der Waals surface area contributed by atoms with E-state index in [1.54, 1.807) is 12.1 Å². The number of ketones is 1. The van der Waals surface area contributed by atoms with Crippen molar-refractivity contribution in [3.63, 3.8) is 0 Å². The lowest BCUT2D eigenvalue weighted by molar-refractivity contribution is 0.0898. The number of furan rings is 1. The summed E-state index contributed by atoms with van der Waals surface area (Å²) in [5, 5.41) is 0. The zero-order valence-electron chi connectivity index (χ0n) is 11.0. The molecule has 0 aliphatic rings. The van der Waals surface area contributed by atoms with Crippen LogP contribution < -0.4 is 0 Å². The summed E-state index contributed by atoms with van der Waals surface area (Å²) in [5.41, 5.74) is 0. The smallest absolute Gasteiger partial charge is 0.211 e. The van der Waals surface area contributed by atoms with Crippen molar-refractivity contribution in [1.29, 1.82) is 0 Å². The summed E-state index contributed by atoms with van der Waals surface area (Å²) in [6.07, 6.45) is 2.59. The van der Waals surface area contributed by atoms with Crippen LogP contribution in [0.3, 0.4) is 0 Å². The van der Waals surface area contributed by atoms with Gasteiger partial charge in [0.1, 0.15) is 0 Å². The second kappa shape index (κ2) is 7.25. The highest BCUT2D eigenvalue weighted by atomic mass is 16.3. The Morgan fingerprint density at radius 1 is 1.29 bits per heavy atom. The van der Waals surface area contributed by atoms with Crippen LogP contribution in [0.1, 0.15) is 23.9 Å². The van der Waals surface area contributed by atoms with Crippen LogP contribution in [-0.4, -0.2) is 55.9 Å². The van der Waals surface area contributed by atoms with Crippen LogP contribution in [0.15, 0.2) is 22.8 Å². The third kappa shape index (κ3) is 5.15. The Labute approximate surface area is 103 Å². The van der Waals surface area contributed by atoms with Gasteiger partial charge in [-0.25, -0.2) is 0 Å². The third-order valence-electron chi connectivity index (χ3n) is 2.57. The summed E-state index contributed by atoms with van der Waals surface area (Å²) in [4.78, 5) is 16.2. The van der Waals surface area contributed by atoms with Gasteiger partial charge in [-0.1, -0.05) is 6.92 Å². The number of hydrogen-bond acceptors (Lipinski definition) is 4. The van der Waals surface area contributed by atoms with E-state index in [1.807, 2.05) is 14.1 Å². The molecule has 1 rings (SSSR count). The van der Waals surface area contributed by atoms with Crippen LogP contribution in [0.4, 0.5) is 0 Å². The number of Topliss-reactive ketones (excluding diaryl/α,β-unsaturated/α-hetero) is 1. The molecule has 0 aliphatic carbocycles. The highest BCUT2D eigenvalue weighted by Crippen LogP contribution is 2.03. The number of carbonyl (C=O) groups excluding carboxylic acids is 1. The first-order valence-corrected chi connectivity index (χ1v) is 6.07. The summed E-state index contributed by atoms with van der Waals surface area (Å²) >= 11 is 0. The number of likely N-dealkylation sites (N-methyl/N-ethyl adjacent to an activating group) is 1. The SMILES string of the molecule is CCCN(CCN(C)C)CC(=O)c1ccco1. The first-order chi connectivity index (χ1) is 8.13. The molecular formula is C13H22N2O2. The average Bonchev–Trinajstić information content (AvgIpc) is 2.79. The van der Waals surface area contributed by atoms with Gasteiger partial charge in [-0.2, -0.15) is 0 Å². The standard InChI is InChI=1S/C13H22N2O2/c1-4-7-15(9-8-14(2)3)11-12(16)13-6-5-10-17-13/h5-6,10H,4,7-9,11H2,1-3H3. The predicted octanol–water partition coefficient (Wildman–Crippen LogP) is 1.74. The number of nitrogens with zero attached hydrogens (tertiary/aromatic N) is 2. The maximum Gasteiger partial charge on any atom is 0.211 e. The van der Waals surface area contributed by atoms with Crippen molar-refractivity contribution < 1.29 is 9.21 Å². The molecular weight excluding hydrogens is 216 g/mol. The molecule has 1 heterocycles. The molecule has 0 unspecified atom stereocenters. The third-order valence-corrected chi connectivity index (χ3v) is 2.57. The molecule has 0 amide bonds. The number of hydrogen-bond donors (Lipinski definition) is 0. The molecule has 0 atom stereocenters. The van der Waals surface area contributed by atoms with Crippen LogP contribution in [0, 0.1) is 0 Å². The van der Waals surface area contributed by atoms with Gasteiger partial charge < -0.3 is 9.32 Å². The van der Waals surface area contributed by atoms with Crippen LogP contribution >= 0.6 is 0 Å². The molecule has 0 bridgehead atoms. The zero-order valence-corrected chi connectivity index (χ0v) is 11.0. The van der Waals surface area contributed by atoms with Gasteiger partial charge in [-0.3, -0.25) is 9.69 Å². The van der Waals surface area contributed by atoms with E-state index in [0.717, 1.165) is 26.1 Å². The predicted molar refractivity (Wildman–Crippen MR) is 68.3 cm³/mol. The van der Waals surface area contributed by atoms with Gasteiger partial charge in [0.2, 0.25) is 5.78 Å². The molecule has 17 heavy (non-hydrogen) atoms. The normalized spacial score (nSPS) is 11.4. The fourth-order valence-corrected chi connectivity index (χ4v) is 1.65. The van der Waals surface area contributed by atoms with Crippen molar-refractivity contribution in [2.45, 2.75) is 13.3 Å². The Balaban J connectivity index is 2.45. The van der Waals surface area contributed by atoms with Gasteiger partial charge in [-0.05, 0) is 39.2 Å². The topological polar surface area (TPSA) is 36.7 Å². The highest BCUT2D eigenvalue weighted by molar-refractivity contribution is 5.94. The Bertz CT molecular complexity index is 320. The average molecular weight is 238 g/mol. The molecule has 96 valence electrons. The molecule has 0 radical (unpaired) electrons. The Hall–Kier alpha value is -1.13.